The lowest BCUT2D eigenvalue weighted by molar-refractivity contribution is -0.135. The van der Waals surface area contributed by atoms with Crippen LogP contribution in [0, 0.1) is 0 Å². The fourth-order valence-electron chi connectivity index (χ4n) is 2.99. The summed E-state index contributed by atoms with van der Waals surface area (Å²) in [6, 6.07) is 19.8. The van der Waals surface area contributed by atoms with E-state index in [2.05, 4.69) is 5.16 Å². The first-order valence-electron chi connectivity index (χ1n) is 10.2. The molecule has 0 saturated carbocycles. The van der Waals surface area contributed by atoms with E-state index in [9.17, 15) is 4.79 Å². The van der Waals surface area contributed by atoms with Gasteiger partial charge in [0.05, 0.1) is 12.2 Å². The predicted octanol–water partition coefficient (Wildman–Crippen LogP) is 6.07. The number of hydrogen-bond acceptors (Lipinski definition) is 6. The smallest absolute Gasteiger partial charge is 0.361 e. The Morgan fingerprint density at radius 2 is 1.45 bits per heavy atom. The normalized spacial score (nSPS) is 11.1. The molecule has 0 unspecified atom stereocenters. The predicted molar refractivity (Wildman–Crippen MR) is 128 cm³/mol. The molecule has 3 rings (SSSR count). The molecule has 0 heterocycles. The van der Waals surface area contributed by atoms with Crippen molar-refractivity contribution in [3.63, 3.8) is 0 Å². The van der Waals surface area contributed by atoms with E-state index in [1.807, 2.05) is 36.4 Å². The zero-order chi connectivity index (χ0) is 23.6. The fraction of sp³-hybridized carbons (Fsp3) is 0.200. The van der Waals surface area contributed by atoms with Crippen molar-refractivity contribution in [2.45, 2.75) is 20.1 Å². The summed E-state index contributed by atoms with van der Waals surface area (Å²) in [7, 11) is 1.35. The highest BCUT2D eigenvalue weighted by Gasteiger charge is 2.24. The summed E-state index contributed by atoms with van der Waals surface area (Å²) in [4.78, 5) is 17.5. The van der Waals surface area contributed by atoms with Crippen LogP contribution < -0.4 is 9.47 Å². The summed E-state index contributed by atoms with van der Waals surface area (Å²) >= 11 is 12.6. The average molecular weight is 488 g/mol. The van der Waals surface area contributed by atoms with Gasteiger partial charge in [-0.05, 0) is 31.2 Å². The molecule has 0 saturated heterocycles. The molecular weight excluding hydrogens is 465 g/mol. The van der Waals surface area contributed by atoms with Crippen molar-refractivity contribution in [3.8, 4) is 11.5 Å². The van der Waals surface area contributed by atoms with Gasteiger partial charge in [0.25, 0.3) is 0 Å². The van der Waals surface area contributed by atoms with Crippen LogP contribution in [-0.2, 0) is 27.6 Å². The lowest BCUT2D eigenvalue weighted by Crippen LogP contribution is -2.20. The second kappa shape index (κ2) is 12.1. The highest BCUT2D eigenvalue weighted by molar-refractivity contribution is 6.43. The minimum Gasteiger partial charge on any atom is -0.485 e. The van der Waals surface area contributed by atoms with E-state index in [0.717, 1.165) is 11.1 Å². The number of oxime groups is 1. The molecule has 0 amide bonds. The third-order valence-electron chi connectivity index (χ3n) is 4.56. The van der Waals surface area contributed by atoms with Crippen LogP contribution in [0.3, 0.4) is 0 Å². The van der Waals surface area contributed by atoms with Crippen molar-refractivity contribution in [3.05, 3.63) is 93.5 Å². The topological polar surface area (TPSA) is 66.4 Å². The van der Waals surface area contributed by atoms with E-state index in [0.29, 0.717) is 27.1 Å². The zero-order valence-electron chi connectivity index (χ0n) is 18.2. The van der Waals surface area contributed by atoms with Crippen molar-refractivity contribution in [2.24, 2.45) is 5.16 Å². The van der Waals surface area contributed by atoms with Gasteiger partial charge in [0.1, 0.15) is 20.3 Å². The fourth-order valence-corrected chi connectivity index (χ4v) is 3.37. The Bertz CT molecular complexity index is 1130. The van der Waals surface area contributed by atoms with Crippen molar-refractivity contribution < 1.29 is 23.8 Å². The summed E-state index contributed by atoms with van der Waals surface area (Å²) in [5.74, 6) is 0.0473. The summed E-state index contributed by atoms with van der Waals surface area (Å²) in [5.41, 5.74) is 1.89. The maximum Gasteiger partial charge on any atom is 0.361 e. The molecule has 0 atom stereocenters. The number of esters is 1. The molecule has 0 aliphatic rings. The highest BCUT2D eigenvalue weighted by Crippen LogP contribution is 2.34. The Labute approximate surface area is 202 Å². The van der Waals surface area contributed by atoms with E-state index in [1.165, 1.54) is 7.11 Å². The van der Waals surface area contributed by atoms with E-state index in [-0.39, 0.29) is 25.5 Å². The molecule has 6 nitrogen and oxygen atoms in total. The second-order valence-corrected chi connectivity index (χ2v) is 7.55. The van der Waals surface area contributed by atoms with Crippen molar-refractivity contribution >= 4 is 34.9 Å². The maximum absolute atomic E-state index is 12.6. The first kappa shape index (κ1) is 24.4. The summed E-state index contributed by atoms with van der Waals surface area (Å²) < 4.78 is 17.3. The van der Waals surface area contributed by atoms with Gasteiger partial charge in [-0.15, -0.1) is 0 Å². The lowest BCUT2D eigenvalue weighted by Gasteiger charge is -2.17. The van der Waals surface area contributed by atoms with Crippen molar-refractivity contribution in [2.75, 3.05) is 13.7 Å². The second-order valence-electron chi connectivity index (χ2n) is 6.74. The third kappa shape index (κ3) is 6.40. The molecule has 0 aliphatic carbocycles. The number of carbonyl (C=O) groups excluding carboxylic acids is 1. The summed E-state index contributed by atoms with van der Waals surface area (Å²) in [6.07, 6.45) is 0. The number of hydrogen-bond donors (Lipinski definition) is 0. The van der Waals surface area contributed by atoms with Gasteiger partial charge < -0.3 is 19.0 Å². The quantitative estimate of drug-likeness (QED) is 0.197. The summed E-state index contributed by atoms with van der Waals surface area (Å²) in [6.45, 7) is 2.23. The van der Waals surface area contributed by atoms with E-state index in [4.69, 9.17) is 42.3 Å². The largest absolute Gasteiger partial charge is 0.485 e. The van der Waals surface area contributed by atoms with Gasteiger partial charge in [-0.3, -0.25) is 0 Å². The molecule has 0 N–H and O–H groups in total. The third-order valence-corrected chi connectivity index (χ3v) is 5.29. The number of halogens is 2. The van der Waals surface area contributed by atoms with Crippen LogP contribution >= 0.6 is 23.2 Å². The Morgan fingerprint density at radius 3 is 2.03 bits per heavy atom. The average Bonchev–Trinajstić information content (AvgIpc) is 2.82. The van der Waals surface area contributed by atoms with Gasteiger partial charge in [-0.1, -0.05) is 70.8 Å². The van der Waals surface area contributed by atoms with Crippen LogP contribution in [0.4, 0.5) is 0 Å². The molecule has 0 fully saturated rings. The lowest BCUT2D eigenvalue weighted by atomic mass is 10.1. The monoisotopic (exact) mass is 487 g/mol. The SMILES string of the molecule is CCOC(=O)/C(=N/OC)c1cccc(OCc2ccccc2Cl)c1OCc1ccccc1Cl. The van der Waals surface area contributed by atoms with Gasteiger partial charge >= 0.3 is 5.97 Å². The van der Waals surface area contributed by atoms with Gasteiger partial charge in [-0.25, -0.2) is 4.79 Å². The van der Waals surface area contributed by atoms with Crippen LogP contribution in [0.25, 0.3) is 0 Å². The molecule has 0 spiro atoms. The molecule has 0 aliphatic heterocycles. The van der Waals surface area contributed by atoms with Gasteiger partial charge in [0, 0.05) is 21.2 Å². The molecule has 3 aromatic rings. The number of nitrogens with zero attached hydrogens (tertiary/aromatic N) is 1. The van der Waals surface area contributed by atoms with Crippen LogP contribution in [0.1, 0.15) is 23.6 Å². The standard InChI is InChI=1S/C25H23Cl2NO5/c1-3-31-25(29)23(28-30-2)19-11-8-14-22(32-15-17-9-4-6-12-20(17)26)24(19)33-16-18-10-5-7-13-21(18)27/h4-14H,3,15-16H2,1-2H3/b28-23+. The minimum atomic E-state index is -0.648. The van der Waals surface area contributed by atoms with Crippen molar-refractivity contribution in [1.29, 1.82) is 0 Å². The molecule has 0 bridgehead atoms. The van der Waals surface area contributed by atoms with E-state index >= 15 is 0 Å². The van der Waals surface area contributed by atoms with E-state index in [1.54, 1.807) is 37.3 Å². The van der Waals surface area contributed by atoms with Crippen LogP contribution in [0.5, 0.6) is 11.5 Å². The molecule has 0 radical (unpaired) electrons. The molecule has 0 aromatic heterocycles. The number of ether oxygens (including phenoxy) is 3. The number of rotatable bonds is 10. The van der Waals surface area contributed by atoms with Crippen molar-refractivity contribution in [1.82, 2.24) is 0 Å². The minimum absolute atomic E-state index is 0.0447. The van der Waals surface area contributed by atoms with Gasteiger partial charge in [0.2, 0.25) is 0 Å². The zero-order valence-corrected chi connectivity index (χ0v) is 19.7. The molecule has 33 heavy (non-hydrogen) atoms. The van der Waals surface area contributed by atoms with Crippen LogP contribution in [0.2, 0.25) is 10.0 Å². The Balaban J connectivity index is 1.99. The van der Waals surface area contributed by atoms with Gasteiger partial charge in [0.15, 0.2) is 17.2 Å². The van der Waals surface area contributed by atoms with Crippen LogP contribution in [-0.4, -0.2) is 25.4 Å². The Morgan fingerprint density at radius 1 is 0.848 bits per heavy atom. The molecule has 172 valence electrons. The first-order valence-corrected chi connectivity index (χ1v) is 10.9. The Kier molecular flexibility index (Phi) is 8.98. The molecule has 3 aromatic carbocycles. The highest BCUT2D eigenvalue weighted by atomic mass is 35.5. The first-order chi connectivity index (χ1) is 16.0. The number of benzene rings is 3. The van der Waals surface area contributed by atoms with Crippen LogP contribution in [0.15, 0.2) is 71.9 Å². The molecule has 8 heteroatoms. The van der Waals surface area contributed by atoms with E-state index < -0.39 is 5.97 Å². The molecular formula is C25H23Cl2NO5. The number of para-hydroxylation sites is 1. The maximum atomic E-state index is 12.6. The number of carbonyl (C=O) groups is 1. The van der Waals surface area contributed by atoms with Gasteiger partial charge in [-0.2, -0.15) is 0 Å². The Hall–Kier alpha value is -3.22. The summed E-state index contributed by atoms with van der Waals surface area (Å²) in [5, 5.41) is 5.02.